The number of nitrogens with one attached hydrogen (secondary N) is 2. The molecule has 1 aromatic heterocycles. The third kappa shape index (κ3) is 8.75. The first-order valence-corrected chi connectivity index (χ1v) is 10.2. The number of halogens is 1. The molecule has 0 aliphatic heterocycles. The summed E-state index contributed by atoms with van der Waals surface area (Å²) in [5, 5.41) is 6.59. The van der Waals surface area contributed by atoms with Crippen LogP contribution in [0.15, 0.2) is 47.6 Å². The fourth-order valence-corrected chi connectivity index (χ4v) is 2.74. The van der Waals surface area contributed by atoms with Gasteiger partial charge in [0.2, 0.25) is 5.88 Å². The average molecular weight is 418 g/mol. The van der Waals surface area contributed by atoms with Crippen molar-refractivity contribution in [2.24, 2.45) is 4.99 Å². The van der Waals surface area contributed by atoms with Crippen LogP contribution in [0.25, 0.3) is 0 Å². The molecule has 1 heterocycles. The number of aromatic nitrogens is 1. The molecule has 30 heavy (non-hydrogen) atoms. The van der Waals surface area contributed by atoms with Gasteiger partial charge in [-0.25, -0.2) is 14.4 Å². The lowest BCUT2D eigenvalue weighted by atomic mass is 10.2. The number of guanidine groups is 1. The van der Waals surface area contributed by atoms with Gasteiger partial charge in [0, 0.05) is 57.7 Å². The van der Waals surface area contributed by atoms with E-state index in [0.29, 0.717) is 18.2 Å². The number of pyridine rings is 1. The quantitative estimate of drug-likeness (QED) is 0.314. The lowest BCUT2D eigenvalue weighted by Crippen LogP contribution is -2.41. The molecular formula is C22H32FN5O2. The van der Waals surface area contributed by atoms with Crippen LogP contribution in [-0.2, 0) is 11.3 Å². The molecule has 1 aromatic carbocycles. The Kier molecular flexibility index (Phi) is 10.6. The Bertz CT molecular complexity index is 788. The summed E-state index contributed by atoms with van der Waals surface area (Å²) < 4.78 is 24.3. The Morgan fingerprint density at radius 3 is 2.83 bits per heavy atom. The summed E-state index contributed by atoms with van der Waals surface area (Å²) in [7, 11) is 3.81. The van der Waals surface area contributed by atoms with E-state index in [1.165, 1.54) is 12.1 Å². The minimum atomic E-state index is -0.353. The maximum absolute atomic E-state index is 13.4. The fourth-order valence-electron chi connectivity index (χ4n) is 2.74. The van der Waals surface area contributed by atoms with E-state index >= 15 is 0 Å². The molecule has 2 rings (SSSR count). The standard InChI is InChI=1S/C22H32FN5O2/c1-4-24-22(26-12-14-28(2)13-7-15-29-3)27-17-18-8-6-11-25-21(18)30-20-10-5-9-19(23)16-20/h5-6,8-11,16H,4,7,12-15,17H2,1-3H3,(H2,24,26,27). The van der Waals surface area contributed by atoms with Crippen LogP contribution >= 0.6 is 0 Å². The van der Waals surface area contributed by atoms with Crippen LogP contribution in [0.4, 0.5) is 4.39 Å². The summed E-state index contributed by atoms with van der Waals surface area (Å²) in [6.07, 6.45) is 2.65. The average Bonchev–Trinajstić information content (AvgIpc) is 2.73. The number of hydrogen-bond donors (Lipinski definition) is 2. The molecule has 2 N–H and O–H groups in total. The number of aliphatic imine (C=N–C) groups is 1. The first kappa shape index (κ1) is 23.6. The van der Waals surface area contributed by atoms with Crippen LogP contribution in [0.5, 0.6) is 11.6 Å². The van der Waals surface area contributed by atoms with Gasteiger partial charge in [-0.1, -0.05) is 12.1 Å². The van der Waals surface area contributed by atoms with Crippen molar-refractivity contribution in [3.8, 4) is 11.6 Å². The molecule has 0 amide bonds. The molecule has 0 aliphatic carbocycles. The maximum Gasteiger partial charge on any atom is 0.224 e. The SMILES string of the molecule is CCNC(=NCc1cccnc1Oc1cccc(F)c1)NCCN(C)CCCOC. The zero-order chi connectivity index (χ0) is 21.6. The Morgan fingerprint density at radius 1 is 1.20 bits per heavy atom. The van der Waals surface area contributed by atoms with E-state index in [0.717, 1.165) is 50.7 Å². The Morgan fingerprint density at radius 2 is 2.07 bits per heavy atom. The molecule has 0 unspecified atom stereocenters. The van der Waals surface area contributed by atoms with Crippen LogP contribution in [0.1, 0.15) is 18.9 Å². The molecule has 0 bridgehead atoms. The summed E-state index contributed by atoms with van der Waals surface area (Å²) in [6.45, 7) is 6.60. The summed E-state index contributed by atoms with van der Waals surface area (Å²) in [4.78, 5) is 11.2. The summed E-state index contributed by atoms with van der Waals surface area (Å²) in [5.74, 6) is 1.19. The minimum Gasteiger partial charge on any atom is -0.439 e. The summed E-state index contributed by atoms with van der Waals surface area (Å²) in [5.41, 5.74) is 0.815. The maximum atomic E-state index is 13.4. The predicted molar refractivity (Wildman–Crippen MR) is 118 cm³/mol. The topological polar surface area (TPSA) is 71.0 Å². The second-order valence-electron chi connectivity index (χ2n) is 6.80. The Labute approximate surface area is 178 Å². The van der Waals surface area contributed by atoms with Gasteiger partial charge in [0.25, 0.3) is 0 Å². The van der Waals surface area contributed by atoms with Crippen LogP contribution in [-0.4, -0.2) is 62.8 Å². The molecule has 2 aromatic rings. The number of rotatable bonds is 12. The first-order valence-electron chi connectivity index (χ1n) is 10.2. The van der Waals surface area contributed by atoms with Crippen molar-refractivity contribution in [2.45, 2.75) is 19.9 Å². The molecule has 0 saturated carbocycles. The second kappa shape index (κ2) is 13.5. The van der Waals surface area contributed by atoms with Crippen LogP contribution in [0, 0.1) is 5.82 Å². The monoisotopic (exact) mass is 417 g/mol. The van der Waals surface area contributed by atoms with E-state index in [9.17, 15) is 4.39 Å². The molecule has 0 fully saturated rings. The highest BCUT2D eigenvalue weighted by molar-refractivity contribution is 5.79. The van der Waals surface area contributed by atoms with Gasteiger partial charge in [0.1, 0.15) is 11.6 Å². The van der Waals surface area contributed by atoms with Crippen LogP contribution in [0.3, 0.4) is 0 Å². The Balaban J connectivity index is 1.94. The molecule has 164 valence electrons. The first-order chi connectivity index (χ1) is 14.6. The van der Waals surface area contributed by atoms with Crippen LogP contribution < -0.4 is 15.4 Å². The van der Waals surface area contributed by atoms with E-state index < -0.39 is 0 Å². The molecule has 8 heteroatoms. The van der Waals surface area contributed by atoms with Crippen molar-refractivity contribution in [2.75, 3.05) is 46.9 Å². The third-order valence-corrected chi connectivity index (χ3v) is 4.29. The molecule has 0 saturated heterocycles. The minimum absolute atomic E-state index is 0.353. The van der Waals surface area contributed by atoms with E-state index in [-0.39, 0.29) is 5.82 Å². The molecule has 0 aliphatic rings. The van der Waals surface area contributed by atoms with Gasteiger partial charge in [-0.2, -0.15) is 0 Å². The van der Waals surface area contributed by atoms with E-state index in [1.807, 2.05) is 19.1 Å². The van der Waals surface area contributed by atoms with Crippen molar-refractivity contribution in [1.82, 2.24) is 20.5 Å². The van der Waals surface area contributed by atoms with Gasteiger partial charge in [-0.15, -0.1) is 0 Å². The van der Waals surface area contributed by atoms with Gasteiger partial charge < -0.3 is 25.0 Å². The second-order valence-corrected chi connectivity index (χ2v) is 6.80. The van der Waals surface area contributed by atoms with Crippen molar-refractivity contribution >= 4 is 5.96 Å². The van der Waals surface area contributed by atoms with Gasteiger partial charge in [0.15, 0.2) is 5.96 Å². The number of hydrogen-bond acceptors (Lipinski definition) is 5. The van der Waals surface area contributed by atoms with Gasteiger partial charge in [0.05, 0.1) is 6.54 Å². The normalized spacial score (nSPS) is 11.6. The number of likely N-dealkylation sites (N-methyl/N-ethyl adjacent to an activating group) is 1. The smallest absolute Gasteiger partial charge is 0.224 e. The van der Waals surface area contributed by atoms with Crippen molar-refractivity contribution in [3.63, 3.8) is 0 Å². The number of methoxy groups -OCH3 is 1. The van der Waals surface area contributed by atoms with Gasteiger partial charge in [-0.05, 0) is 38.6 Å². The highest BCUT2D eigenvalue weighted by atomic mass is 19.1. The van der Waals surface area contributed by atoms with Crippen molar-refractivity contribution in [3.05, 3.63) is 54.0 Å². The number of benzene rings is 1. The van der Waals surface area contributed by atoms with E-state index in [2.05, 4.69) is 32.6 Å². The molecule has 7 nitrogen and oxygen atoms in total. The molecular weight excluding hydrogens is 385 g/mol. The lowest BCUT2D eigenvalue weighted by Gasteiger charge is -2.18. The molecule has 0 atom stereocenters. The largest absolute Gasteiger partial charge is 0.439 e. The summed E-state index contributed by atoms with van der Waals surface area (Å²) in [6, 6.07) is 9.73. The predicted octanol–water partition coefficient (Wildman–Crippen LogP) is 3.04. The summed E-state index contributed by atoms with van der Waals surface area (Å²) >= 11 is 0. The van der Waals surface area contributed by atoms with Gasteiger partial charge in [-0.3, -0.25) is 0 Å². The fraction of sp³-hybridized carbons (Fsp3) is 0.455. The van der Waals surface area contributed by atoms with Crippen molar-refractivity contribution < 1.29 is 13.9 Å². The third-order valence-electron chi connectivity index (χ3n) is 4.29. The van der Waals surface area contributed by atoms with Gasteiger partial charge >= 0.3 is 0 Å². The number of nitrogens with zero attached hydrogens (tertiary/aromatic N) is 3. The zero-order valence-electron chi connectivity index (χ0n) is 18.0. The van der Waals surface area contributed by atoms with Crippen molar-refractivity contribution in [1.29, 1.82) is 0 Å². The highest BCUT2D eigenvalue weighted by Gasteiger charge is 2.07. The van der Waals surface area contributed by atoms with E-state index in [1.54, 1.807) is 25.4 Å². The highest BCUT2D eigenvalue weighted by Crippen LogP contribution is 2.23. The Hall–Kier alpha value is -2.71. The molecule has 0 spiro atoms. The molecule has 0 radical (unpaired) electrons. The van der Waals surface area contributed by atoms with Crippen LogP contribution in [0.2, 0.25) is 0 Å². The zero-order valence-corrected chi connectivity index (χ0v) is 18.0. The van der Waals surface area contributed by atoms with E-state index in [4.69, 9.17) is 9.47 Å². The lowest BCUT2D eigenvalue weighted by molar-refractivity contribution is 0.180. The number of ether oxygens (including phenoxy) is 2.